The molecule has 202 valence electrons. The number of carboxylic acid groups (broad SMARTS) is 1. The van der Waals surface area contributed by atoms with E-state index in [1.54, 1.807) is 17.0 Å². The second-order valence-corrected chi connectivity index (χ2v) is 10.1. The Morgan fingerprint density at radius 1 is 1.11 bits per heavy atom. The number of likely N-dealkylation sites (tertiary alicyclic amines) is 1. The van der Waals surface area contributed by atoms with Crippen LogP contribution >= 0.6 is 35.0 Å². The fourth-order valence-corrected chi connectivity index (χ4v) is 5.02. The van der Waals surface area contributed by atoms with E-state index in [9.17, 15) is 28.7 Å². The maximum Gasteiger partial charge on any atom is 0.328 e. The lowest BCUT2D eigenvalue weighted by Crippen LogP contribution is -2.51. The van der Waals surface area contributed by atoms with Gasteiger partial charge in [0.2, 0.25) is 11.8 Å². The van der Waals surface area contributed by atoms with Crippen LogP contribution in [0.25, 0.3) is 6.08 Å². The van der Waals surface area contributed by atoms with Crippen molar-refractivity contribution in [2.45, 2.75) is 23.8 Å². The number of hydrogen-bond donors (Lipinski definition) is 3. The molecule has 0 saturated carbocycles. The van der Waals surface area contributed by atoms with Gasteiger partial charge in [0.25, 0.3) is 5.91 Å². The summed E-state index contributed by atoms with van der Waals surface area (Å²) in [5.41, 5.74) is 0.776. The second kappa shape index (κ2) is 13.6. The number of benzene rings is 2. The maximum absolute atomic E-state index is 13.0. The third-order valence-corrected chi connectivity index (χ3v) is 7.86. The average molecular weight is 582 g/mol. The number of amides is 3. The van der Waals surface area contributed by atoms with Crippen molar-refractivity contribution in [1.29, 1.82) is 0 Å². The molecule has 2 aromatic rings. The van der Waals surface area contributed by atoms with Crippen molar-refractivity contribution in [2.75, 3.05) is 25.9 Å². The molecule has 3 rings (SSSR count). The Morgan fingerprint density at radius 3 is 2.37 bits per heavy atom. The van der Waals surface area contributed by atoms with Crippen LogP contribution in [-0.2, 0) is 14.4 Å². The molecule has 8 nitrogen and oxygen atoms in total. The number of rotatable bonds is 9. The van der Waals surface area contributed by atoms with E-state index in [1.165, 1.54) is 30.0 Å². The summed E-state index contributed by atoms with van der Waals surface area (Å²) in [5, 5.41) is 15.2. The number of nitrogens with one attached hydrogen (secondary N) is 2. The van der Waals surface area contributed by atoms with Crippen LogP contribution in [0.4, 0.5) is 4.39 Å². The standard InChI is InChI=1S/C26H26Cl2FN3O5S/c1-38-20-8-4-15(22(27)23(20)28)5-9-21(33)32-12-10-17(11-13-32)25(35)31-19(26(36)37)14-30-24(34)16-2-6-18(29)7-3-16/h2-9,17,19H,10-14H2,1H3,(H,30,34)(H,31,35)(H,36,37)/t19-/m0/s1. The van der Waals surface area contributed by atoms with Crippen molar-refractivity contribution in [2.24, 2.45) is 5.92 Å². The van der Waals surface area contributed by atoms with Gasteiger partial charge in [-0.15, -0.1) is 11.8 Å². The fraction of sp³-hybridized carbons (Fsp3) is 0.308. The largest absolute Gasteiger partial charge is 0.480 e. The molecular formula is C26H26Cl2FN3O5S. The Kier molecular flexibility index (Phi) is 10.6. The molecule has 0 aliphatic carbocycles. The summed E-state index contributed by atoms with van der Waals surface area (Å²) >= 11 is 14.0. The normalized spacial score (nSPS) is 14.8. The summed E-state index contributed by atoms with van der Waals surface area (Å²) < 4.78 is 13.0. The van der Waals surface area contributed by atoms with Crippen molar-refractivity contribution in [1.82, 2.24) is 15.5 Å². The summed E-state index contributed by atoms with van der Waals surface area (Å²) in [7, 11) is 0. The molecule has 1 aliphatic heterocycles. The molecule has 0 unspecified atom stereocenters. The van der Waals surface area contributed by atoms with Gasteiger partial charge in [-0.1, -0.05) is 29.3 Å². The zero-order chi connectivity index (χ0) is 27.8. The van der Waals surface area contributed by atoms with Gasteiger partial charge in [0.15, 0.2) is 0 Å². The number of carbonyl (C=O) groups is 4. The molecule has 1 atom stereocenters. The average Bonchev–Trinajstić information content (AvgIpc) is 2.91. The number of carboxylic acids is 1. The van der Waals surface area contributed by atoms with Gasteiger partial charge in [-0.25, -0.2) is 9.18 Å². The molecule has 3 N–H and O–H groups in total. The topological polar surface area (TPSA) is 116 Å². The van der Waals surface area contributed by atoms with Gasteiger partial charge < -0.3 is 20.6 Å². The van der Waals surface area contributed by atoms with E-state index in [4.69, 9.17) is 23.2 Å². The summed E-state index contributed by atoms with van der Waals surface area (Å²) in [6, 6.07) is 7.04. The van der Waals surface area contributed by atoms with E-state index in [2.05, 4.69) is 10.6 Å². The van der Waals surface area contributed by atoms with Crippen LogP contribution < -0.4 is 10.6 Å². The van der Waals surface area contributed by atoms with Gasteiger partial charge in [0, 0.05) is 42.1 Å². The van der Waals surface area contributed by atoms with Crippen LogP contribution in [-0.4, -0.2) is 65.6 Å². The molecule has 12 heteroatoms. The van der Waals surface area contributed by atoms with Gasteiger partial charge in [0.1, 0.15) is 11.9 Å². The SMILES string of the molecule is CSc1ccc(C=CC(=O)N2CCC(C(=O)N[C@@H](CNC(=O)c3ccc(F)cc3)C(=O)O)CC2)c(Cl)c1Cl. The van der Waals surface area contributed by atoms with Crippen molar-refractivity contribution in [3.8, 4) is 0 Å². The van der Waals surface area contributed by atoms with Crippen molar-refractivity contribution in [3.05, 3.63) is 69.5 Å². The molecule has 1 heterocycles. The van der Waals surface area contributed by atoms with Gasteiger partial charge in [-0.3, -0.25) is 14.4 Å². The summed E-state index contributed by atoms with van der Waals surface area (Å²) in [5.74, 6) is -3.58. The lowest BCUT2D eigenvalue weighted by Gasteiger charge is -2.31. The van der Waals surface area contributed by atoms with E-state index in [0.29, 0.717) is 41.5 Å². The molecule has 1 fully saturated rings. The predicted molar refractivity (Wildman–Crippen MR) is 145 cm³/mol. The van der Waals surface area contributed by atoms with E-state index < -0.39 is 35.6 Å². The fourth-order valence-electron chi connectivity index (χ4n) is 3.85. The lowest BCUT2D eigenvalue weighted by atomic mass is 9.95. The Labute approximate surface area is 233 Å². The Hall–Kier alpha value is -3.08. The van der Waals surface area contributed by atoms with E-state index in [-0.39, 0.29) is 18.0 Å². The minimum Gasteiger partial charge on any atom is -0.480 e. The second-order valence-electron chi connectivity index (χ2n) is 8.53. The number of aliphatic carboxylic acids is 1. The zero-order valence-electron chi connectivity index (χ0n) is 20.4. The summed E-state index contributed by atoms with van der Waals surface area (Å²) in [4.78, 5) is 51.6. The molecule has 38 heavy (non-hydrogen) atoms. The molecule has 0 aromatic heterocycles. The first-order valence-corrected chi connectivity index (χ1v) is 13.6. The summed E-state index contributed by atoms with van der Waals surface area (Å²) in [6.45, 7) is 0.296. The third kappa shape index (κ3) is 7.72. The van der Waals surface area contributed by atoms with E-state index in [0.717, 1.165) is 17.0 Å². The Morgan fingerprint density at radius 2 is 1.76 bits per heavy atom. The van der Waals surface area contributed by atoms with Crippen LogP contribution in [0.1, 0.15) is 28.8 Å². The highest BCUT2D eigenvalue weighted by Crippen LogP contribution is 2.35. The number of piperidine rings is 1. The highest BCUT2D eigenvalue weighted by molar-refractivity contribution is 7.98. The number of carbonyl (C=O) groups excluding carboxylic acids is 3. The first-order valence-electron chi connectivity index (χ1n) is 11.7. The lowest BCUT2D eigenvalue weighted by molar-refractivity contribution is -0.142. The summed E-state index contributed by atoms with van der Waals surface area (Å²) in [6.07, 6.45) is 5.60. The highest BCUT2D eigenvalue weighted by atomic mass is 35.5. The first kappa shape index (κ1) is 29.5. The molecule has 3 amide bonds. The van der Waals surface area contributed by atoms with Crippen LogP contribution in [0, 0.1) is 11.7 Å². The number of halogens is 3. The predicted octanol–water partition coefficient (Wildman–Crippen LogP) is 4.11. The van der Waals surface area contributed by atoms with E-state index in [1.807, 2.05) is 12.3 Å². The van der Waals surface area contributed by atoms with E-state index >= 15 is 0 Å². The first-order chi connectivity index (χ1) is 18.1. The van der Waals surface area contributed by atoms with Crippen molar-refractivity contribution < 1.29 is 28.7 Å². The quantitative estimate of drug-likeness (QED) is 0.303. The molecule has 2 aromatic carbocycles. The highest BCUT2D eigenvalue weighted by Gasteiger charge is 2.30. The van der Waals surface area contributed by atoms with Gasteiger partial charge in [-0.05, 0) is 61.1 Å². The zero-order valence-corrected chi connectivity index (χ0v) is 22.7. The Balaban J connectivity index is 1.50. The minimum atomic E-state index is -1.34. The molecule has 0 radical (unpaired) electrons. The van der Waals surface area contributed by atoms with Gasteiger partial charge in [-0.2, -0.15) is 0 Å². The van der Waals surface area contributed by atoms with Crippen molar-refractivity contribution in [3.63, 3.8) is 0 Å². The van der Waals surface area contributed by atoms with Crippen LogP contribution in [0.2, 0.25) is 10.0 Å². The number of hydrogen-bond acceptors (Lipinski definition) is 5. The van der Waals surface area contributed by atoms with Crippen LogP contribution in [0.5, 0.6) is 0 Å². The molecule has 0 spiro atoms. The number of nitrogens with zero attached hydrogens (tertiary/aromatic N) is 1. The smallest absolute Gasteiger partial charge is 0.328 e. The van der Waals surface area contributed by atoms with Crippen LogP contribution in [0.3, 0.4) is 0 Å². The molecule has 1 aliphatic rings. The number of thioether (sulfide) groups is 1. The van der Waals surface area contributed by atoms with Gasteiger partial charge >= 0.3 is 5.97 Å². The molecular weight excluding hydrogens is 556 g/mol. The molecule has 1 saturated heterocycles. The minimum absolute atomic E-state index is 0.162. The molecule has 0 bridgehead atoms. The monoisotopic (exact) mass is 581 g/mol. The van der Waals surface area contributed by atoms with Crippen LogP contribution in [0.15, 0.2) is 47.4 Å². The Bertz CT molecular complexity index is 1230. The third-order valence-electron chi connectivity index (χ3n) is 6.07. The van der Waals surface area contributed by atoms with Gasteiger partial charge in [0.05, 0.1) is 10.0 Å². The maximum atomic E-state index is 13.0. The van der Waals surface area contributed by atoms with Crippen molar-refractivity contribution >= 4 is 64.7 Å².